The molecule has 0 spiro atoms. The lowest BCUT2D eigenvalue weighted by molar-refractivity contribution is -0.133. The smallest absolute Gasteiger partial charge is 0.255 e. The van der Waals surface area contributed by atoms with Crippen LogP contribution in [0.25, 0.3) is 11.4 Å². The van der Waals surface area contributed by atoms with Crippen molar-refractivity contribution >= 4 is 18.1 Å². The number of carbonyl (C=O) groups excluding carboxylic acids is 1. The Kier molecular flexibility index (Phi) is 6.19. The normalized spacial score (nSPS) is 11.0. The number of H-pyrrole nitrogens is 1. The number of rotatable bonds is 7. The predicted octanol–water partition coefficient (Wildman–Crippen LogP) is 3.42. The lowest BCUT2D eigenvalue weighted by atomic mass is 10.1. The van der Waals surface area contributed by atoms with Gasteiger partial charge in [0.15, 0.2) is 10.6 Å². The average Bonchev–Trinajstić information content (AvgIpc) is 2.88. The van der Waals surface area contributed by atoms with Crippen LogP contribution in [-0.4, -0.2) is 45.1 Å². The zero-order valence-electron chi connectivity index (χ0n) is 13.6. The molecule has 0 radical (unpaired) electrons. The number of hydrogen-bond donors (Lipinski definition) is 1. The maximum Gasteiger partial charge on any atom is 0.255 e. The van der Waals surface area contributed by atoms with Gasteiger partial charge in [-0.2, -0.15) is 5.10 Å². The molecule has 2 aromatic rings. The lowest BCUT2D eigenvalue weighted by Gasteiger charge is -2.22. The fourth-order valence-corrected chi connectivity index (χ4v) is 2.57. The summed E-state index contributed by atoms with van der Waals surface area (Å²) in [5.41, 5.74) is 1.90. The highest BCUT2D eigenvalue weighted by molar-refractivity contribution is 7.71. The van der Waals surface area contributed by atoms with Crippen molar-refractivity contribution in [3.8, 4) is 11.4 Å². The Hall–Kier alpha value is -2.09. The summed E-state index contributed by atoms with van der Waals surface area (Å²) >= 11 is 5.18. The maximum absolute atomic E-state index is 12.7. The van der Waals surface area contributed by atoms with E-state index in [1.54, 1.807) is 0 Å². The van der Waals surface area contributed by atoms with Gasteiger partial charge in [-0.25, -0.2) is 8.78 Å². The Morgan fingerprint density at radius 3 is 2.62 bits per heavy atom. The van der Waals surface area contributed by atoms with Crippen molar-refractivity contribution in [3.05, 3.63) is 34.6 Å². The van der Waals surface area contributed by atoms with E-state index < -0.39 is 18.9 Å². The molecule has 5 nitrogen and oxygen atoms in total. The van der Waals surface area contributed by atoms with Crippen LogP contribution in [0.4, 0.5) is 8.78 Å². The van der Waals surface area contributed by atoms with Gasteiger partial charge in [-0.05, 0) is 25.6 Å². The highest BCUT2D eigenvalue weighted by Gasteiger charge is 2.20. The van der Waals surface area contributed by atoms with Crippen molar-refractivity contribution in [1.82, 2.24) is 19.7 Å². The Labute approximate surface area is 144 Å². The number of aromatic amines is 1. The number of aryl methyl sites for hydroxylation is 1. The molecule has 0 unspecified atom stereocenters. The Bertz CT molecular complexity index is 739. The Morgan fingerprint density at radius 1 is 1.38 bits per heavy atom. The highest BCUT2D eigenvalue weighted by Crippen LogP contribution is 2.18. The first kappa shape index (κ1) is 18.3. The molecule has 0 saturated heterocycles. The molecule has 130 valence electrons. The molecule has 1 aromatic carbocycles. The summed E-state index contributed by atoms with van der Waals surface area (Å²) in [7, 11) is 0. The van der Waals surface area contributed by atoms with Crippen LogP contribution in [0.5, 0.6) is 0 Å². The molecule has 0 aliphatic rings. The first-order valence-electron chi connectivity index (χ1n) is 7.70. The van der Waals surface area contributed by atoms with Crippen LogP contribution in [-0.2, 0) is 11.3 Å². The van der Waals surface area contributed by atoms with Crippen LogP contribution in [0, 0.1) is 11.7 Å². The van der Waals surface area contributed by atoms with Gasteiger partial charge in [-0.1, -0.05) is 36.8 Å². The van der Waals surface area contributed by atoms with Gasteiger partial charge in [0.2, 0.25) is 5.91 Å². The monoisotopic (exact) mass is 354 g/mol. The van der Waals surface area contributed by atoms with Gasteiger partial charge in [0.1, 0.15) is 6.54 Å². The van der Waals surface area contributed by atoms with E-state index in [0.29, 0.717) is 12.2 Å². The topological polar surface area (TPSA) is 53.9 Å². The van der Waals surface area contributed by atoms with Crippen LogP contribution in [0.1, 0.15) is 18.9 Å². The molecule has 0 aliphatic heterocycles. The molecular weight excluding hydrogens is 334 g/mol. The van der Waals surface area contributed by atoms with E-state index in [-0.39, 0.29) is 17.9 Å². The molecule has 0 saturated carbocycles. The van der Waals surface area contributed by atoms with E-state index in [1.165, 1.54) is 9.47 Å². The third kappa shape index (κ3) is 4.47. The van der Waals surface area contributed by atoms with Gasteiger partial charge < -0.3 is 4.90 Å². The second kappa shape index (κ2) is 8.14. The van der Waals surface area contributed by atoms with Gasteiger partial charge in [-0.15, -0.1) is 0 Å². The minimum absolute atomic E-state index is 0.120. The Morgan fingerprint density at radius 2 is 2.04 bits per heavy atom. The van der Waals surface area contributed by atoms with Crippen molar-refractivity contribution in [2.24, 2.45) is 0 Å². The number of aromatic nitrogens is 3. The third-order valence-electron chi connectivity index (χ3n) is 3.57. The SMILES string of the molecule is CCCN(CC(F)F)C(=O)Cn1c(-c2ccc(C)cc2)n[nH]c1=S. The second-order valence-electron chi connectivity index (χ2n) is 5.54. The van der Waals surface area contributed by atoms with E-state index in [1.807, 2.05) is 38.1 Å². The molecule has 1 amide bonds. The van der Waals surface area contributed by atoms with Crippen molar-refractivity contribution in [3.63, 3.8) is 0 Å². The van der Waals surface area contributed by atoms with Gasteiger partial charge in [0.05, 0.1) is 6.54 Å². The number of nitrogens with zero attached hydrogens (tertiary/aromatic N) is 3. The molecule has 8 heteroatoms. The molecule has 2 rings (SSSR count). The first-order valence-corrected chi connectivity index (χ1v) is 8.11. The van der Waals surface area contributed by atoms with Crippen molar-refractivity contribution < 1.29 is 13.6 Å². The molecule has 0 aliphatic carbocycles. The molecule has 24 heavy (non-hydrogen) atoms. The van der Waals surface area contributed by atoms with E-state index in [9.17, 15) is 13.6 Å². The van der Waals surface area contributed by atoms with Crippen LogP contribution in [0.3, 0.4) is 0 Å². The largest absolute Gasteiger partial charge is 0.335 e. The molecule has 1 N–H and O–H groups in total. The molecule has 1 aromatic heterocycles. The Balaban J connectivity index is 2.26. The standard InChI is InChI=1S/C16H20F2N4OS/c1-3-8-21(9-13(17)18)14(23)10-22-15(19-20-16(22)24)12-6-4-11(2)5-7-12/h4-7,13H,3,8-10H2,1-2H3,(H,20,24). The quantitative estimate of drug-likeness (QED) is 0.775. The third-order valence-corrected chi connectivity index (χ3v) is 3.88. The average molecular weight is 354 g/mol. The van der Waals surface area contributed by atoms with Gasteiger partial charge in [-0.3, -0.25) is 14.5 Å². The summed E-state index contributed by atoms with van der Waals surface area (Å²) in [5.74, 6) is 0.116. The summed E-state index contributed by atoms with van der Waals surface area (Å²) in [4.78, 5) is 13.6. The number of carbonyl (C=O) groups is 1. The summed E-state index contributed by atoms with van der Waals surface area (Å²) in [5, 5.41) is 6.83. The van der Waals surface area contributed by atoms with Crippen LogP contribution in [0.2, 0.25) is 0 Å². The molecule has 0 atom stereocenters. The number of halogens is 2. The number of amides is 1. The van der Waals surface area contributed by atoms with Crippen LogP contribution < -0.4 is 0 Å². The highest BCUT2D eigenvalue weighted by atomic mass is 32.1. The van der Waals surface area contributed by atoms with Crippen LogP contribution >= 0.6 is 12.2 Å². The molecular formula is C16H20F2N4OS. The van der Waals surface area contributed by atoms with E-state index in [2.05, 4.69) is 10.2 Å². The van der Waals surface area contributed by atoms with E-state index in [0.717, 1.165) is 11.1 Å². The number of hydrogen-bond acceptors (Lipinski definition) is 3. The van der Waals surface area contributed by atoms with Gasteiger partial charge >= 0.3 is 0 Å². The summed E-state index contributed by atoms with van der Waals surface area (Å²) in [6, 6.07) is 7.62. The van der Waals surface area contributed by atoms with Crippen molar-refractivity contribution in [1.29, 1.82) is 0 Å². The second-order valence-corrected chi connectivity index (χ2v) is 5.92. The zero-order valence-corrected chi connectivity index (χ0v) is 14.4. The predicted molar refractivity (Wildman–Crippen MR) is 90.5 cm³/mol. The summed E-state index contributed by atoms with van der Waals surface area (Å²) in [6.45, 7) is 3.40. The van der Waals surface area contributed by atoms with Gasteiger partial charge in [0, 0.05) is 12.1 Å². The number of nitrogens with one attached hydrogen (secondary N) is 1. The van der Waals surface area contributed by atoms with Crippen molar-refractivity contribution in [2.75, 3.05) is 13.1 Å². The fourth-order valence-electron chi connectivity index (χ4n) is 2.38. The zero-order chi connectivity index (χ0) is 17.7. The molecule has 1 heterocycles. The minimum Gasteiger partial charge on any atom is -0.335 e. The molecule has 0 bridgehead atoms. The maximum atomic E-state index is 12.7. The van der Waals surface area contributed by atoms with Crippen LogP contribution in [0.15, 0.2) is 24.3 Å². The number of benzene rings is 1. The first-order chi connectivity index (χ1) is 11.4. The van der Waals surface area contributed by atoms with E-state index >= 15 is 0 Å². The van der Waals surface area contributed by atoms with Crippen molar-refractivity contribution in [2.45, 2.75) is 33.2 Å². The lowest BCUT2D eigenvalue weighted by Crippen LogP contribution is -2.38. The van der Waals surface area contributed by atoms with Gasteiger partial charge in [0.25, 0.3) is 6.43 Å². The number of alkyl halides is 2. The molecule has 0 fully saturated rings. The van der Waals surface area contributed by atoms with E-state index in [4.69, 9.17) is 12.2 Å². The fraction of sp³-hybridized carbons (Fsp3) is 0.438. The summed E-state index contributed by atoms with van der Waals surface area (Å²) < 4.78 is 27.2. The summed E-state index contributed by atoms with van der Waals surface area (Å²) in [6.07, 6.45) is -1.95. The minimum atomic E-state index is -2.56.